The highest BCUT2D eigenvalue weighted by Gasteiger charge is 2.34. The molecule has 1 aromatic heterocycles. The maximum atomic E-state index is 12.1. The fourth-order valence-electron chi connectivity index (χ4n) is 2.27. The first-order valence-electron chi connectivity index (χ1n) is 6.59. The zero-order valence-electron chi connectivity index (χ0n) is 12.4. The Bertz CT molecular complexity index is 591. The Labute approximate surface area is 141 Å². The maximum Gasteiger partial charge on any atom is 0.410 e. The standard InChI is InChI=1S/C14H18INO4S/c1-14(2,3)20-13(19)16(4)7-5-8-9(6-7)21-11(10(8)15)12(17)18/h7H,5-6H2,1-4H3,(H,17,18). The summed E-state index contributed by atoms with van der Waals surface area (Å²) in [4.78, 5) is 26.3. The number of ether oxygens (including phenoxy) is 1. The van der Waals surface area contributed by atoms with Crippen molar-refractivity contribution in [2.24, 2.45) is 0 Å². The fraction of sp³-hybridized carbons (Fsp3) is 0.571. The molecule has 1 amide bonds. The second-order valence-electron chi connectivity index (χ2n) is 6.11. The third-order valence-electron chi connectivity index (χ3n) is 3.31. The Balaban J connectivity index is 2.10. The van der Waals surface area contributed by atoms with Gasteiger partial charge >= 0.3 is 12.1 Å². The van der Waals surface area contributed by atoms with E-state index in [2.05, 4.69) is 22.6 Å². The van der Waals surface area contributed by atoms with Gasteiger partial charge in [-0.25, -0.2) is 9.59 Å². The summed E-state index contributed by atoms with van der Waals surface area (Å²) in [7, 11) is 1.74. The molecule has 5 nitrogen and oxygen atoms in total. The highest BCUT2D eigenvalue weighted by molar-refractivity contribution is 14.1. The van der Waals surface area contributed by atoms with E-state index in [0.717, 1.165) is 14.0 Å². The van der Waals surface area contributed by atoms with Crippen molar-refractivity contribution in [3.05, 3.63) is 18.9 Å². The van der Waals surface area contributed by atoms with Crippen molar-refractivity contribution in [3.8, 4) is 0 Å². The first-order valence-corrected chi connectivity index (χ1v) is 8.49. The number of fused-ring (bicyclic) bond motifs is 1. The normalized spacial score (nSPS) is 17.5. The average Bonchev–Trinajstić information content (AvgIpc) is 2.86. The van der Waals surface area contributed by atoms with E-state index in [4.69, 9.17) is 9.84 Å². The van der Waals surface area contributed by atoms with Crippen LogP contribution in [0.2, 0.25) is 0 Å². The van der Waals surface area contributed by atoms with Crippen LogP contribution < -0.4 is 0 Å². The second kappa shape index (κ2) is 5.75. The zero-order chi connectivity index (χ0) is 15.9. The van der Waals surface area contributed by atoms with Crippen molar-refractivity contribution in [2.45, 2.75) is 45.3 Å². The minimum Gasteiger partial charge on any atom is -0.477 e. The van der Waals surface area contributed by atoms with Gasteiger partial charge in [0, 0.05) is 28.0 Å². The monoisotopic (exact) mass is 423 g/mol. The van der Waals surface area contributed by atoms with E-state index >= 15 is 0 Å². The fourth-order valence-corrected chi connectivity index (χ4v) is 4.69. The molecule has 1 N–H and O–H groups in total. The minimum atomic E-state index is -0.879. The van der Waals surface area contributed by atoms with Crippen molar-refractivity contribution in [1.29, 1.82) is 0 Å². The third-order valence-corrected chi connectivity index (χ3v) is 6.11. The molecule has 0 aliphatic heterocycles. The van der Waals surface area contributed by atoms with Crippen molar-refractivity contribution in [1.82, 2.24) is 4.90 Å². The smallest absolute Gasteiger partial charge is 0.410 e. The number of carboxylic acid groups (broad SMARTS) is 1. The number of hydrogen-bond acceptors (Lipinski definition) is 4. The van der Waals surface area contributed by atoms with Crippen LogP contribution in [0, 0.1) is 3.57 Å². The Morgan fingerprint density at radius 3 is 2.48 bits per heavy atom. The topological polar surface area (TPSA) is 66.8 Å². The Morgan fingerprint density at radius 1 is 1.38 bits per heavy atom. The zero-order valence-corrected chi connectivity index (χ0v) is 15.4. The SMILES string of the molecule is CN(C(=O)OC(C)(C)C)C1Cc2sc(C(=O)O)c(I)c2C1. The van der Waals surface area contributed by atoms with Crippen LogP contribution in [0.4, 0.5) is 4.79 Å². The van der Waals surface area contributed by atoms with E-state index in [1.165, 1.54) is 11.3 Å². The number of halogens is 1. The van der Waals surface area contributed by atoms with E-state index in [1.807, 2.05) is 20.8 Å². The van der Waals surface area contributed by atoms with Crippen molar-refractivity contribution >= 4 is 46.0 Å². The number of aromatic carboxylic acids is 1. The molecule has 0 bridgehead atoms. The lowest BCUT2D eigenvalue weighted by Crippen LogP contribution is -2.41. The average molecular weight is 423 g/mol. The highest BCUT2D eigenvalue weighted by Crippen LogP contribution is 2.37. The molecule has 1 atom stereocenters. The summed E-state index contributed by atoms with van der Waals surface area (Å²) in [5, 5.41) is 9.14. The van der Waals surface area contributed by atoms with Crippen LogP contribution >= 0.6 is 33.9 Å². The number of rotatable bonds is 2. The predicted octanol–water partition coefficient (Wildman–Crippen LogP) is 3.39. The number of carbonyl (C=O) groups excluding carboxylic acids is 1. The number of carboxylic acids is 1. The summed E-state index contributed by atoms with van der Waals surface area (Å²) in [6.45, 7) is 5.52. The molecule has 1 aromatic rings. The summed E-state index contributed by atoms with van der Waals surface area (Å²) < 4.78 is 6.18. The van der Waals surface area contributed by atoms with Gasteiger partial charge in [-0.3, -0.25) is 0 Å². The van der Waals surface area contributed by atoms with Crippen LogP contribution in [0.5, 0.6) is 0 Å². The molecule has 0 saturated carbocycles. The minimum absolute atomic E-state index is 0.0393. The van der Waals surface area contributed by atoms with Crippen LogP contribution in [0.25, 0.3) is 0 Å². The summed E-state index contributed by atoms with van der Waals surface area (Å²) in [6.07, 6.45) is 1.04. The van der Waals surface area contributed by atoms with E-state index in [0.29, 0.717) is 17.7 Å². The number of thiophene rings is 1. The van der Waals surface area contributed by atoms with Gasteiger partial charge in [0.2, 0.25) is 0 Å². The van der Waals surface area contributed by atoms with E-state index in [9.17, 15) is 9.59 Å². The van der Waals surface area contributed by atoms with Gasteiger partial charge in [-0.05, 0) is 55.3 Å². The first-order chi connectivity index (χ1) is 9.60. The molecule has 0 aromatic carbocycles. The molecular formula is C14H18INO4S. The van der Waals surface area contributed by atoms with Crippen molar-refractivity contribution < 1.29 is 19.4 Å². The lowest BCUT2D eigenvalue weighted by atomic mass is 10.2. The Hall–Kier alpha value is -0.830. The number of amides is 1. The molecule has 0 radical (unpaired) electrons. The third kappa shape index (κ3) is 3.50. The van der Waals surface area contributed by atoms with Gasteiger partial charge in [-0.15, -0.1) is 11.3 Å². The quantitative estimate of drug-likeness (QED) is 0.741. The summed E-state index contributed by atoms with van der Waals surface area (Å²) in [5.74, 6) is -0.879. The van der Waals surface area contributed by atoms with Crippen LogP contribution in [0.1, 0.15) is 40.9 Å². The lowest BCUT2D eigenvalue weighted by Gasteiger charge is -2.28. The molecular weight excluding hydrogens is 405 g/mol. The van der Waals surface area contributed by atoms with E-state index < -0.39 is 11.6 Å². The highest BCUT2D eigenvalue weighted by atomic mass is 127. The van der Waals surface area contributed by atoms with Crippen LogP contribution in [-0.2, 0) is 17.6 Å². The molecule has 0 saturated heterocycles. The van der Waals surface area contributed by atoms with Crippen molar-refractivity contribution in [3.63, 3.8) is 0 Å². The molecule has 1 aliphatic carbocycles. The number of hydrogen-bond donors (Lipinski definition) is 1. The maximum absolute atomic E-state index is 12.1. The van der Waals surface area contributed by atoms with Crippen LogP contribution in [-0.4, -0.2) is 40.8 Å². The number of carbonyl (C=O) groups is 2. The van der Waals surface area contributed by atoms with E-state index in [1.54, 1.807) is 11.9 Å². The summed E-state index contributed by atoms with van der Waals surface area (Å²) in [6, 6.07) is 0.0393. The first kappa shape index (κ1) is 16.5. The molecule has 1 unspecified atom stereocenters. The molecule has 2 rings (SSSR count). The predicted molar refractivity (Wildman–Crippen MR) is 89.2 cm³/mol. The summed E-state index contributed by atoms with van der Waals surface area (Å²) >= 11 is 3.40. The van der Waals surface area contributed by atoms with E-state index in [-0.39, 0.29) is 12.1 Å². The van der Waals surface area contributed by atoms with Gasteiger partial charge in [0.15, 0.2) is 0 Å². The van der Waals surface area contributed by atoms with Gasteiger partial charge in [0.1, 0.15) is 10.5 Å². The van der Waals surface area contributed by atoms with Gasteiger partial charge in [-0.1, -0.05) is 0 Å². The number of nitrogens with zero attached hydrogens (tertiary/aromatic N) is 1. The molecule has 1 aliphatic rings. The van der Waals surface area contributed by atoms with Gasteiger partial charge < -0.3 is 14.7 Å². The van der Waals surface area contributed by atoms with Crippen LogP contribution in [0.3, 0.4) is 0 Å². The molecule has 21 heavy (non-hydrogen) atoms. The molecule has 1 heterocycles. The Morgan fingerprint density at radius 2 is 2.00 bits per heavy atom. The lowest BCUT2D eigenvalue weighted by molar-refractivity contribution is 0.0229. The van der Waals surface area contributed by atoms with Gasteiger partial charge in [0.25, 0.3) is 0 Å². The van der Waals surface area contributed by atoms with Crippen LogP contribution in [0.15, 0.2) is 0 Å². The van der Waals surface area contributed by atoms with Gasteiger partial charge in [0.05, 0.1) is 0 Å². The number of likely N-dealkylation sites (N-methyl/N-ethyl adjacent to an activating group) is 1. The largest absolute Gasteiger partial charge is 0.477 e. The van der Waals surface area contributed by atoms with Crippen molar-refractivity contribution in [2.75, 3.05) is 7.05 Å². The second-order valence-corrected chi connectivity index (χ2v) is 8.29. The summed E-state index contributed by atoms with van der Waals surface area (Å²) in [5.41, 5.74) is 0.554. The Kier molecular flexibility index (Phi) is 4.53. The molecule has 116 valence electrons. The molecule has 7 heteroatoms. The van der Waals surface area contributed by atoms with Gasteiger partial charge in [-0.2, -0.15) is 0 Å². The molecule has 0 spiro atoms. The molecule has 0 fully saturated rings.